The Morgan fingerprint density at radius 3 is 2.09 bits per heavy atom. The van der Waals surface area contributed by atoms with E-state index in [2.05, 4.69) is 13.8 Å². The number of aliphatic hydroxyl groups excluding tert-OH is 1. The Bertz CT molecular complexity index is 83.6. The van der Waals surface area contributed by atoms with Crippen LogP contribution in [0.3, 0.4) is 0 Å². The molecule has 0 bridgehead atoms. The van der Waals surface area contributed by atoms with Gasteiger partial charge in [0.05, 0.1) is 18.8 Å². The molecule has 2 heteroatoms. The van der Waals surface area contributed by atoms with Crippen molar-refractivity contribution in [2.45, 2.75) is 46.3 Å². The number of aliphatic hydroxyl groups is 1. The van der Waals surface area contributed by atoms with Gasteiger partial charge in [-0.25, -0.2) is 0 Å². The molecule has 0 radical (unpaired) electrons. The highest BCUT2D eigenvalue weighted by molar-refractivity contribution is 4.75. The van der Waals surface area contributed by atoms with Crippen LogP contribution in [0, 0.1) is 5.92 Å². The number of ether oxygens (including phenoxy) is 1. The molecule has 0 aromatic heterocycles. The van der Waals surface area contributed by atoms with Gasteiger partial charge in [-0.05, 0) is 19.3 Å². The molecule has 1 aliphatic rings. The van der Waals surface area contributed by atoms with Crippen molar-refractivity contribution in [2.24, 2.45) is 5.92 Å². The molecule has 0 amide bonds. The van der Waals surface area contributed by atoms with Gasteiger partial charge in [-0.15, -0.1) is 0 Å². The van der Waals surface area contributed by atoms with Crippen LogP contribution in [0.1, 0.15) is 34.1 Å². The van der Waals surface area contributed by atoms with Crippen molar-refractivity contribution in [1.29, 1.82) is 0 Å². The lowest BCUT2D eigenvalue weighted by Crippen LogP contribution is -2.12. The smallest absolute Gasteiger partial charge is 0.0813 e. The number of hydrogen-bond acceptors (Lipinski definition) is 2. The second kappa shape index (κ2) is 5.56. The minimum atomic E-state index is 0.106. The van der Waals surface area contributed by atoms with Gasteiger partial charge in [-0.3, -0.25) is 0 Å². The van der Waals surface area contributed by atoms with Crippen molar-refractivity contribution in [3.05, 3.63) is 0 Å². The molecule has 0 spiro atoms. The fourth-order valence-electron chi connectivity index (χ4n) is 1.22. The molecule has 1 fully saturated rings. The lowest BCUT2D eigenvalue weighted by Gasteiger charge is -2.06. The summed E-state index contributed by atoms with van der Waals surface area (Å²) in [6.45, 7) is 8.38. The first-order valence-electron chi connectivity index (χ1n) is 4.50. The van der Waals surface area contributed by atoms with E-state index < -0.39 is 0 Å². The molecule has 11 heavy (non-hydrogen) atoms. The van der Waals surface area contributed by atoms with Gasteiger partial charge in [0.25, 0.3) is 0 Å². The van der Waals surface area contributed by atoms with E-state index in [1.165, 1.54) is 0 Å². The maximum atomic E-state index is 8.68. The summed E-state index contributed by atoms with van der Waals surface area (Å²) >= 11 is 0. The zero-order valence-electron chi connectivity index (χ0n) is 8.00. The molecule has 1 saturated heterocycles. The summed E-state index contributed by atoms with van der Waals surface area (Å²) in [4.78, 5) is 0. The predicted octanol–water partition coefficient (Wildman–Crippen LogP) is 1.82. The molecule has 3 unspecified atom stereocenters. The van der Waals surface area contributed by atoms with Crippen LogP contribution in [0.25, 0.3) is 0 Å². The van der Waals surface area contributed by atoms with Gasteiger partial charge < -0.3 is 9.84 Å². The molecular weight excluding hydrogens is 140 g/mol. The molecule has 2 nitrogen and oxygen atoms in total. The fraction of sp³-hybridized carbons (Fsp3) is 1.00. The number of hydrogen-bond donors (Lipinski definition) is 1. The van der Waals surface area contributed by atoms with Crippen molar-refractivity contribution < 1.29 is 9.84 Å². The summed E-state index contributed by atoms with van der Waals surface area (Å²) in [5, 5.41) is 8.68. The molecule has 1 N–H and O–H groups in total. The minimum Gasteiger partial charge on any atom is -0.394 e. The average molecular weight is 160 g/mol. The molecule has 1 heterocycles. The van der Waals surface area contributed by atoms with Crippen molar-refractivity contribution in [1.82, 2.24) is 0 Å². The van der Waals surface area contributed by atoms with E-state index in [0.717, 1.165) is 6.42 Å². The third-order valence-corrected chi connectivity index (χ3v) is 2.05. The summed E-state index contributed by atoms with van der Waals surface area (Å²) in [5.74, 6) is 0.613. The zero-order chi connectivity index (χ0) is 8.85. The predicted molar refractivity (Wildman–Crippen MR) is 46.5 cm³/mol. The first-order valence-corrected chi connectivity index (χ1v) is 4.50. The summed E-state index contributed by atoms with van der Waals surface area (Å²) in [6.07, 6.45) is 1.45. The van der Waals surface area contributed by atoms with E-state index in [9.17, 15) is 0 Å². The zero-order valence-corrected chi connectivity index (χ0v) is 8.00. The van der Waals surface area contributed by atoms with E-state index in [-0.39, 0.29) is 12.7 Å². The van der Waals surface area contributed by atoms with Crippen LogP contribution in [-0.2, 0) is 4.74 Å². The Hall–Kier alpha value is -0.0800. The van der Waals surface area contributed by atoms with Crippen molar-refractivity contribution in [3.8, 4) is 0 Å². The standard InChI is InChI=1S/C7H14O2.C2H6/c1-5-3-7(4-8)9-6(5)2;1-2/h5-8H,3-4H2,1-2H3;1-2H3. The monoisotopic (exact) mass is 160 g/mol. The Morgan fingerprint density at radius 2 is 1.91 bits per heavy atom. The molecule has 0 aromatic rings. The summed E-state index contributed by atoms with van der Waals surface area (Å²) in [6, 6.07) is 0. The van der Waals surface area contributed by atoms with E-state index in [1.807, 2.05) is 13.8 Å². The third kappa shape index (κ3) is 3.21. The molecule has 1 aliphatic heterocycles. The van der Waals surface area contributed by atoms with E-state index in [0.29, 0.717) is 12.0 Å². The van der Waals surface area contributed by atoms with Crippen molar-refractivity contribution in [2.75, 3.05) is 6.61 Å². The Balaban J connectivity index is 0.000000461. The van der Waals surface area contributed by atoms with Crippen LogP contribution < -0.4 is 0 Å². The van der Waals surface area contributed by atoms with E-state index in [4.69, 9.17) is 9.84 Å². The second-order valence-corrected chi connectivity index (χ2v) is 2.86. The van der Waals surface area contributed by atoms with Crippen LogP contribution in [0.4, 0.5) is 0 Å². The lowest BCUT2D eigenvalue weighted by molar-refractivity contribution is 0.0150. The summed E-state index contributed by atoms with van der Waals surface area (Å²) < 4.78 is 5.37. The van der Waals surface area contributed by atoms with Gasteiger partial charge >= 0.3 is 0 Å². The largest absolute Gasteiger partial charge is 0.394 e. The average Bonchev–Trinajstić information content (AvgIpc) is 2.36. The first-order chi connectivity index (χ1) is 5.24. The molecule has 0 saturated carbocycles. The van der Waals surface area contributed by atoms with Crippen LogP contribution >= 0.6 is 0 Å². The van der Waals surface area contributed by atoms with Gasteiger partial charge in [0.2, 0.25) is 0 Å². The highest BCUT2D eigenvalue weighted by Gasteiger charge is 2.27. The van der Waals surface area contributed by atoms with Crippen LogP contribution in [-0.4, -0.2) is 23.9 Å². The SMILES string of the molecule is CC.CC1CC(CO)OC1C. The Morgan fingerprint density at radius 1 is 1.36 bits per heavy atom. The van der Waals surface area contributed by atoms with Crippen molar-refractivity contribution in [3.63, 3.8) is 0 Å². The van der Waals surface area contributed by atoms with Gasteiger partial charge in [-0.2, -0.15) is 0 Å². The second-order valence-electron chi connectivity index (χ2n) is 2.86. The maximum absolute atomic E-state index is 8.68. The molecular formula is C9H20O2. The normalized spacial score (nSPS) is 36.3. The Kier molecular flexibility index (Phi) is 5.51. The van der Waals surface area contributed by atoms with E-state index >= 15 is 0 Å². The fourth-order valence-corrected chi connectivity index (χ4v) is 1.22. The van der Waals surface area contributed by atoms with E-state index in [1.54, 1.807) is 0 Å². The van der Waals surface area contributed by atoms with Crippen LogP contribution in [0.2, 0.25) is 0 Å². The molecule has 0 aromatic carbocycles. The number of rotatable bonds is 1. The van der Waals surface area contributed by atoms with Crippen LogP contribution in [0.5, 0.6) is 0 Å². The maximum Gasteiger partial charge on any atom is 0.0813 e. The van der Waals surface area contributed by atoms with Crippen molar-refractivity contribution >= 4 is 0 Å². The molecule has 3 atom stereocenters. The minimum absolute atomic E-state index is 0.106. The lowest BCUT2D eigenvalue weighted by atomic mass is 10.0. The summed E-state index contributed by atoms with van der Waals surface area (Å²) in [5.41, 5.74) is 0. The van der Waals surface area contributed by atoms with Gasteiger partial charge in [0, 0.05) is 0 Å². The topological polar surface area (TPSA) is 29.5 Å². The quantitative estimate of drug-likeness (QED) is 0.634. The highest BCUT2D eigenvalue weighted by atomic mass is 16.5. The van der Waals surface area contributed by atoms with Gasteiger partial charge in [0.15, 0.2) is 0 Å². The Labute approximate surface area is 69.6 Å². The molecule has 1 rings (SSSR count). The first kappa shape index (κ1) is 10.9. The molecule has 0 aliphatic carbocycles. The summed E-state index contributed by atoms with van der Waals surface area (Å²) in [7, 11) is 0. The van der Waals surface area contributed by atoms with Crippen LogP contribution in [0.15, 0.2) is 0 Å². The van der Waals surface area contributed by atoms with Gasteiger partial charge in [-0.1, -0.05) is 20.8 Å². The molecule has 68 valence electrons. The highest BCUT2D eigenvalue weighted by Crippen LogP contribution is 2.24. The third-order valence-electron chi connectivity index (χ3n) is 2.05. The van der Waals surface area contributed by atoms with Gasteiger partial charge in [0.1, 0.15) is 0 Å².